The molecular weight excluding hydrogens is 372 g/mol. The van der Waals surface area contributed by atoms with E-state index in [1.54, 1.807) is 20.5 Å². The van der Waals surface area contributed by atoms with Gasteiger partial charge in [-0.25, -0.2) is 0 Å². The van der Waals surface area contributed by atoms with E-state index in [1.165, 1.54) is 5.56 Å². The maximum Gasteiger partial charge on any atom is 0.174 e. The molecule has 1 N–H and O–H groups in total. The summed E-state index contributed by atoms with van der Waals surface area (Å²) in [7, 11) is 3.31. The summed E-state index contributed by atoms with van der Waals surface area (Å²) in [5.74, 6) is 2.38. The van der Waals surface area contributed by atoms with Gasteiger partial charge in [-0.1, -0.05) is 17.7 Å². The molecule has 2 aromatic carbocycles. The molecule has 146 valence electrons. The second-order valence-corrected chi connectivity index (χ2v) is 6.80. The van der Waals surface area contributed by atoms with Gasteiger partial charge in [0.05, 0.1) is 27.0 Å². The van der Waals surface area contributed by atoms with E-state index in [0.29, 0.717) is 18.2 Å². The van der Waals surface area contributed by atoms with Gasteiger partial charge in [0.15, 0.2) is 5.11 Å². The lowest BCUT2D eigenvalue weighted by atomic mass is 10.1. The monoisotopic (exact) mass is 396 g/mol. The van der Waals surface area contributed by atoms with E-state index < -0.39 is 0 Å². The Kier molecular flexibility index (Phi) is 6.55. The zero-order valence-electron chi connectivity index (χ0n) is 16.3. The topological polar surface area (TPSA) is 46.9 Å². The van der Waals surface area contributed by atoms with Gasteiger partial charge in [0.1, 0.15) is 17.3 Å². The molecule has 1 heterocycles. The van der Waals surface area contributed by atoms with Crippen LogP contribution in [0.25, 0.3) is 0 Å². The van der Waals surface area contributed by atoms with Crippen LogP contribution >= 0.6 is 12.2 Å². The Morgan fingerprint density at radius 2 is 1.82 bits per heavy atom. The van der Waals surface area contributed by atoms with Crippen LogP contribution in [0.5, 0.6) is 11.5 Å². The first-order valence-electron chi connectivity index (χ1n) is 8.95. The number of benzene rings is 2. The van der Waals surface area contributed by atoms with E-state index >= 15 is 0 Å². The lowest BCUT2D eigenvalue weighted by Gasteiger charge is -2.26. The lowest BCUT2D eigenvalue weighted by Crippen LogP contribution is -2.33. The minimum absolute atomic E-state index is 0.533. The second kappa shape index (κ2) is 9.28. The largest absolute Gasteiger partial charge is 0.497 e. The molecule has 0 aliphatic carbocycles. The maximum atomic E-state index is 5.70. The van der Waals surface area contributed by atoms with Crippen molar-refractivity contribution in [2.45, 2.75) is 20.0 Å². The third-order valence-corrected chi connectivity index (χ3v) is 4.73. The number of hydrogen-bond donors (Lipinski definition) is 1. The van der Waals surface area contributed by atoms with E-state index in [9.17, 15) is 0 Å². The Hall–Kier alpha value is -2.99. The van der Waals surface area contributed by atoms with E-state index in [4.69, 9.17) is 26.1 Å². The third-order valence-electron chi connectivity index (χ3n) is 4.37. The number of nitrogens with zero attached hydrogens (tertiary/aromatic N) is 1. The fourth-order valence-corrected chi connectivity index (χ4v) is 3.09. The molecule has 3 rings (SSSR count). The highest BCUT2D eigenvalue weighted by Crippen LogP contribution is 2.26. The van der Waals surface area contributed by atoms with Gasteiger partial charge in [0.2, 0.25) is 0 Å². The van der Waals surface area contributed by atoms with Crippen molar-refractivity contribution in [3.05, 3.63) is 77.7 Å². The van der Waals surface area contributed by atoms with Gasteiger partial charge < -0.3 is 24.1 Å². The molecule has 0 amide bonds. The molecule has 1 aromatic heterocycles. The highest BCUT2D eigenvalue weighted by Gasteiger charge is 2.16. The van der Waals surface area contributed by atoms with Crippen LogP contribution in [0.3, 0.4) is 0 Å². The van der Waals surface area contributed by atoms with Crippen molar-refractivity contribution in [1.82, 2.24) is 4.90 Å². The molecule has 0 fully saturated rings. The van der Waals surface area contributed by atoms with Gasteiger partial charge in [-0.05, 0) is 61.6 Å². The second-order valence-electron chi connectivity index (χ2n) is 6.41. The van der Waals surface area contributed by atoms with Crippen molar-refractivity contribution in [2.24, 2.45) is 0 Å². The SMILES string of the molecule is COc1ccc(OC)c(CN(Cc2ccco2)C(=S)Nc2ccc(C)cc2)c1. The number of anilines is 1. The number of furan rings is 1. The molecule has 0 spiro atoms. The minimum Gasteiger partial charge on any atom is -0.497 e. The van der Waals surface area contributed by atoms with Gasteiger partial charge in [-0.3, -0.25) is 0 Å². The molecule has 6 heteroatoms. The molecule has 3 aromatic rings. The standard InChI is InChI=1S/C22H24N2O3S/c1-16-6-8-18(9-7-16)23-22(28)24(15-20-5-4-12-27-20)14-17-13-19(25-2)10-11-21(17)26-3/h4-13H,14-15H2,1-3H3,(H,23,28). The molecular formula is C22H24N2O3S. The van der Waals surface area contributed by atoms with Crippen LogP contribution in [0.4, 0.5) is 5.69 Å². The van der Waals surface area contributed by atoms with Crippen molar-refractivity contribution < 1.29 is 13.9 Å². The van der Waals surface area contributed by atoms with E-state index in [0.717, 1.165) is 28.5 Å². The molecule has 0 unspecified atom stereocenters. The summed E-state index contributed by atoms with van der Waals surface area (Å²) in [5, 5.41) is 3.91. The molecule has 0 atom stereocenters. The maximum absolute atomic E-state index is 5.70. The van der Waals surface area contributed by atoms with Gasteiger partial charge in [-0.15, -0.1) is 0 Å². The quantitative estimate of drug-likeness (QED) is 0.567. The Morgan fingerprint density at radius 3 is 2.46 bits per heavy atom. The third kappa shape index (κ3) is 5.04. The lowest BCUT2D eigenvalue weighted by molar-refractivity contribution is 0.346. The first kappa shape index (κ1) is 19.8. The molecule has 0 radical (unpaired) electrons. The van der Waals surface area contributed by atoms with Crippen LogP contribution in [-0.2, 0) is 13.1 Å². The zero-order valence-corrected chi connectivity index (χ0v) is 17.1. The molecule has 5 nitrogen and oxygen atoms in total. The fourth-order valence-electron chi connectivity index (χ4n) is 2.84. The van der Waals surface area contributed by atoms with Crippen molar-refractivity contribution >= 4 is 23.0 Å². The number of hydrogen-bond acceptors (Lipinski definition) is 4. The predicted molar refractivity (Wildman–Crippen MR) is 115 cm³/mol. The summed E-state index contributed by atoms with van der Waals surface area (Å²) < 4.78 is 16.4. The van der Waals surface area contributed by atoms with Crippen molar-refractivity contribution in [2.75, 3.05) is 19.5 Å². The van der Waals surface area contributed by atoms with Crippen LogP contribution in [-0.4, -0.2) is 24.2 Å². The summed E-state index contributed by atoms with van der Waals surface area (Å²) in [5.41, 5.74) is 3.11. The molecule has 0 bridgehead atoms. The normalized spacial score (nSPS) is 10.4. The Balaban J connectivity index is 1.84. The highest BCUT2D eigenvalue weighted by atomic mass is 32.1. The number of thiocarbonyl (C=S) groups is 1. The van der Waals surface area contributed by atoms with E-state index in [1.807, 2.05) is 59.5 Å². The predicted octanol–water partition coefficient (Wildman–Crippen LogP) is 5.00. The first-order valence-corrected chi connectivity index (χ1v) is 9.35. The average Bonchev–Trinajstić information content (AvgIpc) is 3.22. The minimum atomic E-state index is 0.533. The van der Waals surface area contributed by atoms with Gasteiger partial charge in [0.25, 0.3) is 0 Å². The van der Waals surface area contributed by atoms with Crippen molar-refractivity contribution in [3.63, 3.8) is 0 Å². The van der Waals surface area contributed by atoms with Gasteiger partial charge in [0, 0.05) is 17.8 Å². The van der Waals surface area contributed by atoms with Crippen LogP contribution in [0.1, 0.15) is 16.9 Å². The molecule has 0 saturated carbocycles. The number of nitrogens with one attached hydrogen (secondary N) is 1. The molecule has 28 heavy (non-hydrogen) atoms. The first-order chi connectivity index (χ1) is 13.6. The summed E-state index contributed by atoms with van der Waals surface area (Å²) in [6, 6.07) is 17.7. The molecule has 0 aliphatic heterocycles. The average molecular weight is 397 g/mol. The number of aryl methyl sites for hydroxylation is 1. The van der Waals surface area contributed by atoms with Crippen LogP contribution in [0.2, 0.25) is 0 Å². The Morgan fingerprint density at radius 1 is 1.04 bits per heavy atom. The van der Waals surface area contributed by atoms with Crippen LogP contribution < -0.4 is 14.8 Å². The summed E-state index contributed by atoms with van der Waals surface area (Å²) in [6.45, 7) is 3.13. The Labute approximate surface area is 170 Å². The molecule has 0 aliphatic rings. The van der Waals surface area contributed by atoms with E-state index in [2.05, 4.69) is 12.2 Å². The van der Waals surface area contributed by atoms with E-state index in [-0.39, 0.29) is 0 Å². The van der Waals surface area contributed by atoms with Crippen LogP contribution in [0, 0.1) is 6.92 Å². The number of methoxy groups -OCH3 is 2. The van der Waals surface area contributed by atoms with Crippen molar-refractivity contribution in [1.29, 1.82) is 0 Å². The summed E-state index contributed by atoms with van der Waals surface area (Å²) in [4.78, 5) is 2.03. The van der Waals surface area contributed by atoms with Crippen LogP contribution in [0.15, 0.2) is 65.3 Å². The van der Waals surface area contributed by atoms with Crippen molar-refractivity contribution in [3.8, 4) is 11.5 Å². The highest BCUT2D eigenvalue weighted by molar-refractivity contribution is 7.80. The summed E-state index contributed by atoms with van der Waals surface area (Å²) in [6.07, 6.45) is 1.66. The Bertz CT molecular complexity index is 908. The van der Waals surface area contributed by atoms with Gasteiger partial charge in [-0.2, -0.15) is 0 Å². The molecule has 0 saturated heterocycles. The fraction of sp³-hybridized carbons (Fsp3) is 0.227. The zero-order chi connectivity index (χ0) is 19.9. The smallest absolute Gasteiger partial charge is 0.174 e. The number of rotatable bonds is 7. The van der Waals surface area contributed by atoms with Gasteiger partial charge >= 0.3 is 0 Å². The number of ether oxygens (including phenoxy) is 2. The summed E-state index contributed by atoms with van der Waals surface area (Å²) >= 11 is 5.70.